The largest absolute Gasteiger partial charge is 0.434 e. The molecule has 0 radical (unpaired) electrons. The number of aromatic nitrogens is 2. The second kappa shape index (κ2) is 6.59. The van der Waals surface area contributed by atoms with Crippen LogP contribution in [0.15, 0.2) is 40.9 Å². The molecule has 2 aromatic carbocycles. The van der Waals surface area contributed by atoms with E-state index in [1.165, 1.54) is 12.1 Å². The summed E-state index contributed by atoms with van der Waals surface area (Å²) in [5, 5.41) is 0. The smallest absolute Gasteiger partial charge is 0.387 e. The second-order valence-corrected chi connectivity index (χ2v) is 6.84. The molecular formula is C18H14BrF3N2O2. The standard InChI is InChI=1S/C18H14BrF3N2O2/c1-25-16-8-13(9-4-2-3-5-15(9)26-18(21)22)24-14-6-10(19)11(20)7-12(14)23-17(16)24/h2-7,13,16,18H,8H2,1H3/t13-,16?/m1/s1. The van der Waals surface area contributed by atoms with E-state index in [9.17, 15) is 13.2 Å². The van der Waals surface area contributed by atoms with Gasteiger partial charge in [-0.1, -0.05) is 18.2 Å². The number of methoxy groups -OCH3 is 1. The molecule has 0 spiro atoms. The topological polar surface area (TPSA) is 36.3 Å². The van der Waals surface area contributed by atoms with Gasteiger partial charge >= 0.3 is 6.61 Å². The molecule has 0 fully saturated rings. The van der Waals surface area contributed by atoms with E-state index in [4.69, 9.17) is 9.47 Å². The van der Waals surface area contributed by atoms with Crippen molar-refractivity contribution in [2.24, 2.45) is 0 Å². The number of alkyl halides is 2. The Morgan fingerprint density at radius 3 is 2.77 bits per heavy atom. The Labute approximate surface area is 155 Å². The van der Waals surface area contributed by atoms with Gasteiger partial charge in [-0.25, -0.2) is 9.37 Å². The van der Waals surface area contributed by atoms with Crippen LogP contribution in [0.5, 0.6) is 5.75 Å². The molecular weight excluding hydrogens is 413 g/mol. The van der Waals surface area contributed by atoms with Gasteiger partial charge in [0.25, 0.3) is 0 Å². The summed E-state index contributed by atoms with van der Waals surface area (Å²) >= 11 is 3.19. The van der Waals surface area contributed by atoms with E-state index < -0.39 is 12.4 Å². The van der Waals surface area contributed by atoms with E-state index in [-0.39, 0.29) is 17.9 Å². The zero-order chi connectivity index (χ0) is 18.4. The predicted octanol–water partition coefficient (Wildman–Crippen LogP) is 5.22. The van der Waals surface area contributed by atoms with Crippen LogP contribution in [-0.4, -0.2) is 23.3 Å². The van der Waals surface area contributed by atoms with Crippen LogP contribution < -0.4 is 4.74 Å². The van der Waals surface area contributed by atoms with Gasteiger partial charge in [0.05, 0.1) is 21.5 Å². The van der Waals surface area contributed by atoms with E-state index in [2.05, 4.69) is 20.9 Å². The lowest BCUT2D eigenvalue weighted by Crippen LogP contribution is -2.10. The van der Waals surface area contributed by atoms with Crippen LogP contribution in [0.3, 0.4) is 0 Å². The van der Waals surface area contributed by atoms with Gasteiger partial charge in [0.2, 0.25) is 0 Å². The van der Waals surface area contributed by atoms with E-state index in [1.54, 1.807) is 31.4 Å². The second-order valence-electron chi connectivity index (χ2n) is 5.99. The van der Waals surface area contributed by atoms with Crippen LogP contribution >= 0.6 is 15.9 Å². The summed E-state index contributed by atoms with van der Waals surface area (Å²) in [6.07, 6.45) is 0.196. The summed E-state index contributed by atoms with van der Waals surface area (Å²) in [5.74, 6) is 0.330. The van der Waals surface area contributed by atoms with Crippen molar-refractivity contribution in [1.29, 1.82) is 0 Å². The molecule has 8 heteroatoms. The average molecular weight is 427 g/mol. The first-order valence-corrected chi connectivity index (χ1v) is 8.72. The number of imidazole rings is 1. The molecule has 4 rings (SSSR count). The molecule has 0 N–H and O–H groups in total. The van der Waals surface area contributed by atoms with E-state index in [0.29, 0.717) is 33.3 Å². The Morgan fingerprint density at radius 2 is 2.04 bits per heavy atom. The lowest BCUT2D eigenvalue weighted by Gasteiger charge is -2.19. The van der Waals surface area contributed by atoms with Crippen molar-refractivity contribution in [3.8, 4) is 5.75 Å². The van der Waals surface area contributed by atoms with E-state index in [0.717, 1.165) is 0 Å². The Bertz CT molecular complexity index is 976. The quantitative estimate of drug-likeness (QED) is 0.573. The van der Waals surface area contributed by atoms with Crippen LogP contribution in [0.25, 0.3) is 11.0 Å². The molecule has 26 heavy (non-hydrogen) atoms. The van der Waals surface area contributed by atoms with Crippen molar-refractivity contribution < 1.29 is 22.6 Å². The molecule has 136 valence electrons. The van der Waals surface area contributed by atoms with E-state index >= 15 is 0 Å². The molecule has 1 aliphatic rings. The zero-order valence-corrected chi connectivity index (χ0v) is 15.2. The van der Waals surface area contributed by atoms with Crippen molar-refractivity contribution in [2.45, 2.75) is 25.2 Å². The molecule has 1 aromatic heterocycles. The van der Waals surface area contributed by atoms with Crippen molar-refractivity contribution in [1.82, 2.24) is 9.55 Å². The fourth-order valence-electron chi connectivity index (χ4n) is 3.50. The third-order valence-corrected chi connectivity index (χ3v) is 5.18. The van der Waals surface area contributed by atoms with Crippen molar-refractivity contribution in [2.75, 3.05) is 7.11 Å². The van der Waals surface area contributed by atoms with Gasteiger partial charge in [0, 0.05) is 25.2 Å². The van der Waals surface area contributed by atoms with Gasteiger partial charge in [-0.05, 0) is 28.1 Å². The maximum atomic E-state index is 13.9. The van der Waals surface area contributed by atoms with Gasteiger partial charge < -0.3 is 14.0 Å². The number of halogens is 4. The maximum Gasteiger partial charge on any atom is 0.387 e. The van der Waals surface area contributed by atoms with Crippen LogP contribution in [0, 0.1) is 5.82 Å². The summed E-state index contributed by atoms with van der Waals surface area (Å²) in [6.45, 7) is -2.92. The first kappa shape index (κ1) is 17.4. The fraction of sp³-hybridized carbons (Fsp3) is 0.278. The normalized spacial score (nSPS) is 19.3. The first-order valence-electron chi connectivity index (χ1n) is 7.93. The average Bonchev–Trinajstić information content (AvgIpc) is 3.12. The third kappa shape index (κ3) is 2.77. The Balaban J connectivity index is 1.91. The highest BCUT2D eigenvalue weighted by Gasteiger charge is 2.37. The number of hydrogen-bond acceptors (Lipinski definition) is 3. The first-order chi connectivity index (χ1) is 12.5. The number of benzene rings is 2. The number of para-hydroxylation sites is 1. The summed E-state index contributed by atoms with van der Waals surface area (Å²) < 4.78 is 51.9. The lowest BCUT2D eigenvalue weighted by molar-refractivity contribution is -0.0507. The highest BCUT2D eigenvalue weighted by Crippen LogP contribution is 2.45. The molecule has 2 atom stereocenters. The van der Waals surface area contributed by atoms with Gasteiger partial charge in [0.1, 0.15) is 23.5 Å². The maximum absolute atomic E-state index is 13.9. The van der Waals surface area contributed by atoms with Crippen LogP contribution in [0.4, 0.5) is 13.2 Å². The van der Waals surface area contributed by atoms with Gasteiger partial charge in [-0.2, -0.15) is 8.78 Å². The summed E-state index contributed by atoms with van der Waals surface area (Å²) in [5.41, 5.74) is 1.79. The molecule has 0 saturated carbocycles. The lowest BCUT2D eigenvalue weighted by atomic mass is 10.0. The number of nitrogens with zero attached hydrogens (tertiary/aromatic N) is 2. The minimum Gasteiger partial charge on any atom is -0.434 e. The molecule has 4 nitrogen and oxygen atoms in total. The Morgan fingerprint density at radius 1 is 1.27 bits per heavy atom. The van der Waals surface area contributed by atoms with Crippen LogP contribution in [-0.2, 0) is 4.74 Å². The highest BCUT2D eigenvalue weighted by molar-refractivity contribution is 9.10. The predicted molar refractivity (Wildman–Crippen MR) is 93.0 cm³/mol. The third-order valence-electron chi connectivity index (χ3n) is 4.57. The zero-order valence-electron chi connectivity index (χ0n) is 13.6. The fourth-order valence-corrected chi connectivity index (χ4v) is 3.84. The Hall–Kier alpha value is -2.06. The number of ether oxygens (including phenoxy) is 2. The molecule has 0 bridgehead atoms. The van der Waals surface area contributed by atoms with Gasteiger partial charge in [0.15, 0.2) is 0 Å². The van der Waals surface area contributed by atoms with Gasteiger partial charge in [-0.15, -0.1) is 0 Å². The minimum atomic E-state index is -2.92. The molecule has 0 aliphatic carbocycles. The summed E-state index contributed by atoms with van der Waals surface area (Å²) in [6, 6.07) is 9.33. The minimum absolute atomic E-state index is 0.109. The number of hydrogen-bond donors (Lipinski definition) is 0. The number of fused-ring (bicyclic) bond motifs is 3. The van der Waals surface area contributed by atoms with Crippen molar-refractivity contribution >= 4 is 27.0 Å². The summed E-state index contributed by atoms with van der Waals surface area (Å²) in [4.78, 5) is 4.50. The molecule has 0 amide bonds. The highest BCUT2D eigenvalue weighted by atomic mass is 79.9. The van der Waals surface area contributed by atoms with Crippen LogP contribution in [0.1, 0.15) is 30.0 Å². The molecule has 1 aliphatic heterocycles. The summed E-state index contributed by atoms with van der Waals surface area (Å²) in [7, 11) is 1.56. The Kier molecular flexibility index (Phi) is 4.40. The van der Waals surface area contributed by atoms with Crippen molar-refractivity contribution in [3.63, 3.8) is 0 Å². The molecule has 2 heterocycles. The van der Waals surface area contributed by atoms with E-state index in [1.807, 2.05) is 4.57 Å². The number of rotatable bonds is 4. The van der Waals surface area contributed by atoms with Gasteiger partial charge in [-0.3, -0.25) is 0 Å². The monoisotopic (exact) mass is 426 g/mol. The van der Waals surface area contributed by atoms with Crippen LogP contribution in [0.2, 0.25) is 0 Å². The molecule has 1 unspecified atom stereocenters. The molecule has 0 saturated heterocycles. The van der Waals surface area contributed by atoms with Crippen molar-refractivity contribution in [3.05, 3.63) is 58.1 Å². The SMILES string of the molecule is COC1C[C@H](c2ccccc2OC(F)F)n2c1nc1cc(F)c(Br)cc12. The molecule has 3 aromatic rings.